The van der Waals surface area contributed by atoms with Gasteiger partial charge in [-0.15, -0.1) is 4.57 Å². The maximum Gasteiger partial charge on any atom is 0.338 e. The zero-order chi connectivity index (χ0) is 24.2. The Morgan fingerprint density at radius 3 is 2.62 bits per heavy atom. The van der Waals surface area contributed by atoms with E-state index in [1.165, 1.54) is 12.1 Å². The number of aryl methyl sites for hydroxylation is 2. The lowest BCUT2D eigenvalue weighted by Crippen LogP contribution is -2.30. The number of fused-ring (bicyclic) bond motifs is 1. The molecule has 0 aliphatic carbocycles. The van der Waals surface area contributed by atoms with E-state index in [4.69, 9.17) is 14.0 Å². The van der Waals surface area contributed by atoms with Crippen LogP contribution in [0, 0.1) is 13.8 Å². The zero-order valence-corrected chi connectivity index (χ0v) is 18.9. The van der Waals surface area contributed by atoms with Crippen molar-refractivity contribution in [1.29, 1.82) is 0 Å². The Morgan fingerprint density at radius 1 is 1.09 bits per heavy atom. The molecule has 2 heterocycles. The molecule has 0 aliphatic heterocycles. The van der Waals surface area contributed by atoms with Crippen LogP contribution in [0.2, 0.25) is 0 Å². The second kappa shape index (κ2) is 9.62. The van der Waals surface area contributed by atoms with Crippen molar-refractivity contribution >= 4 is 23.2 Å². The van der Waals surface area contributed by atoms with Crippen molar-refractivity contribution in [3.63, 3.8) is 0 Å². The highest BCUT2D eigenvalue weighted by Gasteiger charge is 2.18. The van der Waals surface area contributed by atoms with E-state index in [0.29, 0.717) is 28.5 Å². The Bertz CT molecular complexity index is 1410. The van der Waals surface area contributed by atoms with Crippen molar-refractivity contribution in [2.75, 3.05) is 5.32 Å². The van der Waals surface area contributed by atoms with E-state index in [2.05, 4.69) is 10.3 Å². The molecule has 0 saturated heterocycles. The highest BCUT2D eigenvalue weighted by Crippen LogP contribution is 2.19. The number of ether oxygens (including phenoxy) is 2. The predicted molar refractivity (Wildman–Crippen MR) is 124 cm³/mol. The molecule has 2 aromatic heterocycles. The highest BCUT2D eigenvalue weighted by molar-refractivity contribution is 5.97. The summed E-state index contributed by atoms with van der Waals surface area (Å²) in [7, 11) is 0. The Balaban J connectivity index is 1.42. The first kappa shape index (κ1) is 22.8. The van der Waals surface area contributed by atoms with Crippen LogP contribution in [-0.2, 0) is 16.1 Å². The van der Waals surface area contributed by atoms with E-state index in [0.717, 1.165) is 10.1 Å². The first-order chi connectivity index (χ1) is 16.3. The number of carbonyl (C=O) groups excluding carboxylic acids is 2. The van der Waals surface area contributed by atoms with Crippen LogP contribution in [0.15, 0.2) is 70.0 Å². The van der Waals surface area contributed by atoms with Gasteiger partial charge in [-0.25, -0.2) is 9.78 Å². The molecule has 1 amide bonds. The molecule has 0 radical (unpaired) electrons. The van der Waals surface area contributed by atoms with E-state index in [9.17, 15) is 14.4 Å². The summed E-state index contributed by atoms with van der Waals surface area (Å²) < 4.78 is 17.3. The molecule has 4 aromatic rings. The molecular weight excluding hydrogens is 438 g/mol. The molecule has 0 spiro atoms. The smallest absolute Gasteiger partial charge is 0.338 e. The minimum absolute atomic E-state index is 0.188. The highest BCUT2D eigenvalue weighted by atomic mass is 16.5. The second-order valence-electron chi connectivity index (χ2n) is 7.75. The normalized spacial score (nSPS) is 11.7. The maximum atomic E-state index is 12.6. The Kier molecular flexibility index (Phi) is 6.44. The summed E-state index contributed by atoms with van der Waals surface area (Å²) >= 11 is 0. The van der Waals surface area contributed by atoms with Gasteiger partial charge in [0.2, 0.25) is 0 Å². The lowest BCUT2D eigenvalue weighted by atomic mass is 10.1. The van der Waals surface area contributed by atoms with E-state index in [-0.39, 0.29) is 18.1 Å². The van der Waals surface area contributed by atoms with Crippen molar-refractivity contribution in [3.8, 4) is 5.75 Å². The molecule has 0 aliphatic rings. The summed E-state index contributed by atoms with van der Waals surface area (Å²) in [6.07, 6.45) is -0.746. The lowest BCUT2D eigenvalue weighted by Gasteiger charge is -2.16. The minimum Gasteiger partial charge on any atom is -0.481 e. The molecule has 0 fully saturated rings. The van der Waals surface area contributed by atoms with Crippen molar-refractivity contribution in [2.24, 2.45) is 0 Å². The van der Waals surface area contributed by atoms with Crippen LogP contribution in [0.3, 0.4) is 0 Å². The topological polar surface area (TPSA) is 112 Å². The third kappa shape index (κ3) is 5.15. The molecule has 1 N–H and O–H groups in total. The molecule has 9 nitrogen and oxygen atoms in total. The van der Waals surface area contributed by atoms with Gasteiger partial charge in [0.1, 0.15) is 18.1 Å². The number of carbonyl (C=O) groups is 2. The Labute approximate surface area is 194 Å². The summed E-state index contributed by atoms with van der Waals surface area (Å²) in [6.45, 7) is 4.97. The summed E-state index contributed by atoms with van der Waals surface area (Å²) in [6, 6.07) is 16.7. The molecule has 0 saturated carbocycles. The van der Waals surface area contributed by atoms with Crippen LogP contribution in [0.5, 0.6) is 5.75 Å². The van der Waals surface area contributed by atoms with Gasteiger partial charge in [0, 0.05) is 17.8 Å². The fraction of sp³-hybridized carbons (Fsp3) is 0.200. The second-order valence-corrected chi connectivity index (χ2v) is 7.75. The number of anilines is 1. The molecule has 0 bridgehead atoms. The first-order valence-corrected chi connectivity index (χ1v) is 10.6. The quantitative estimate of drug-likeness (QED) is 0.418. The average Bonchev–Trinajstić information content (AvgIpc) is 3.20. The first-order valence-electron chi connectivity index (χ1n) is 10.6. The van der Waals surface area contributed by atoms with Crippen molar-refractivity contribution in [1.82, 2.24) is 9.56 Å². The summed E-state index contributed by atoms with van der Waals surface area (Å²) in [5, 5.41) is 2.79. The third-order valence-electron chi connectivity index (χ3n) is 5.03. The number of amides is 1. The molecule has 9 heteroatoms. The number of hydrogen-bond donors (Lipinski definition) is 1. The van der Waals surface area contributed by atoms with E-state index >= 15 is 0 Å². The third-order valence-corrected chi connectivity index (χ3v) is 5.03. The number of benzene rings is 2. The summed E-state index contributed by atoms with van der Waals surface area (Å²) in [5.74, 6) is 0.146. The molecule has 1 atom stereocenters. The van der Waals surface area contributed by atoms with Crippen LogP contribution < -0.4 is 15.6 Å². The SMILES string of the molecule is Cc1cc2nc(COC(=O)c3ccc(C)c(NC(=O)[C@@H](C)Oc4ccccc4)c3)cc(=O)n2o1. The fourth-order valence-electron chi connectivity index (χ4n) is 3.25. The van der Waals surface area contributed by atoms with Crippen LogP contribution in [0.25, 0.3) is 5.65 Å². The average molecular weight is 461 g/mol. The largest absolute Gasteiger partial charge is 0.481 e. The number of hydrogen-bond acceptors (Lipinski definition) is 7. The number of nitrogens with one attached hydrogen (secondary N) is 1. The molecule has 34 heavy (non-hydrogen) atoms. The summed E-state index contributed by atoms with van der Waals surface area (Å²) in [5.41, 5.74) is 1.71. The Morgan fingerprint density at radius 2 is 1.85 bits per heavy atom. The number of para-hydroxylation sites is 1. The zero-order valence-electron chi connectivity index (χ0n) is 18.9. The van der Waals surface area contributed by atoms with Gasteiger partial charge in [0.05, 0.1) is 11.3 Å². The van der Waals surface area contributed by atoms with Gasteiger partial charge in [-0.05, 0) is 50.6 Å². The van der Waals surface area contributed by atoms with Crippen LogP contribution in [0.4, 0.5) is 5.69 Å². The van der Waals surface area contributed by atoms with Crippen LogP contribution in [0.1, 0.15) is 34.3 Å². The predicted octanol–water partition coefficient (Wildman–Crippen LogP) is 3.67. The van der Waals surface area contributed by atoms with Crippen LogP contribution >= 0.6 is 0 Å². The standard InChI is InChI=1S/C25H23N3O6/c1-15-9-10-18(12-21(15)27-24(30)17(3)33-20-7-5-4-6-8-20)25(31)32-14-19-13-23(29)28-22(26-19)11-16(2)34-28/h4-13,17H,14H2,1-3H3,(H,27,30)/t17-/m1/s1. The van der Waals surface area contributed by atoms with Crippen molar-refractivity contribution < 1.29 is 23.6 Å². The van der Waals surface area contributed by atoms with Gasteiger partial charge in [-0.3, -0.25) is 9.59 Å². The summed E-state index contributed by atoms with van der Waals surface area (Å²) in [4.78, 5) is 41.6. The minimum atomic E-state index is -0.746. The van der Waals surface area contributed by atoms with Gasteiger partial charge in [0.15, 0.2) is 11.8 Å². The molecule has 4 rings (SSSR count). The van der Waals surface area contributed by atoms with Crippen LogP contribution in [-0.4, -0.2) is 27.5 Å². The van der Waals surface area contributed by atoms with Gasteiger partial charge in [-0.1, -0.05) is 24.3 Å². The van der Waals surface area contributed by atoms with Gasteiger partial charge in [-0.2, -0.15) is 0 Å². The molecule has 2 aromatic carbocycles. The van der Waals surface area contributed by atoms with Gasteiger partial charge in [0.25, 0.3) is 11.5 Å². The molecule has 174 valence electrons. The van der Waals surface area contributed by atoms with Gasteiger partial charge < -0.3 is 19.3 Å². The molecule has 0 unspecified atom stereocenters. The lowest BCUT2D eigenvalue weighted by molar-refractivity contribution is -0.122. The van der Waals surface area contributed by atoms with Crippen molar-refractivity contribution in [3.05, 3.63) is 93.6 Å². The maximum absolute atomic E-state index is 12.6. The number of nitrogens with zero attached hydrogens (tertiary/aromatic N) is 2. The Hall–Kier alpha value is -4.40. The monoisotopic (exact) mass is 461 g/mol. The number of rotatable bonds is 7. The number of aromatic nitrogens is 2. The number of esters is 1. The van der Waals surface area contributed by atoms with Gasteiger partial charge >= 0.3 is 5.97 Å². The van der Waals surface area contributed by atoms with E-state index in [1.807, 2.05) is 25.1 Å². The van der Waals surface area contributed by atoms with E-state index in [1.54, 1.807) is 44.2 Å². The fourth-order valence-corrected chi connectivity index (χ4v) is 3.25. The molecular formula is C25H23N3O6. The van der Waals surface area contributed by atoms with Crippen molar-refractivity contribution in [2.45, 2.75) is 33.5 Å². The van der Waals surface area contributed by atoms with E-state index < -0.39 is 17.6 Å².